The molecule has 3 aliphatic heterocycles. The zero-order valence-electron chi connectivity index (χ0n) is 25.5. The number of carbonyl (C=O) groups excluding carboxylic acids is 3. The van der Waals surface area contributed by atoms with Gasteiger partial charge >= 0.3 is 0 Å². The first kappa shape index (κ1) is 28.6. The van der Waals surface area contributed by atoms with Crippen LogP contribution in [0, 0.1) is 19.8 Å². The van der Waals surface area contributed by atoms with Crippen molar-refractivity contribution in [2.45, 2.75) is 51.2 Å². The fraction of sp³-hybridized carbons (Fsp3) is 0.314. The van der Waals surface area contributed by atoms with E-state index < -0.39 is 23.9 Å². The largest absolute Gasteiger partial charge is 0.495 e. The molecule has 1 saturated carbocycles. The molecule has 1 aliphatic carbocycles. The Morgan fingerprint density at radius 3 is 2.38 bits per heavy atom. The van der Waals surface area contributed by atoms with E-state index in [0.29, 0.717) is 11.4 Å². The number of allylic oxidation sites excluding steroid dienone is 1. The number of ether oxygens (including phenoxy) is 1. The van der Waals surface area contributed by atoms with Gasteiger partial charge in [-0.2, -0.15) is 10.2 Å². The summed E-state index contributed by atoms with van der Waals surface area (Å²) >= 11 is 0. The average Bonchev–Trinajstić information content (AvgIpc) is 3.72. The molecule has 4 atom stereocenters. The van der Waals surface area contributed by atoms with Crippen molar-refractivity contribution in [3.8, 4) is 5.75 Å². The number of para-hydroxylation sites is 2. The van der Waals surface area contributed by atoms with Crippen LogP contribution in [-0.4, -0.2) is 59.2 Å². The van der Waals surface area contributed by atoms with Crippen molar-refractivity contribution in [3.05, 3.63) is 101 Å². The van der Waals surface area contributed by atoms with Crippen molar-refractivity contribution in [2.75, 3.05) is 18.6 Å². The zero-order valence-corrected chi connectivity index (χ0v) is 25.5. The highest BCUT2D eigenvalue weighted by Crippen LogP contribution is 2.45. The number of nitrogens with zero attached hydrogens (tertiary/aromatic N) is 6. The Morgan fingerprint density at radius 1 is 0.933 bits per heavy atom. The number of imide groups is 1. The minimum atomic E-state index is -1.03. The maximum atomic E-state index is 14.2. The lowest BCUT2D eigenvalue weighted by Gasteiger charge is -2.30. The van der Waals surface area contributed by atoms with Gasteiger partial charge < -0.3 is 4.74 Å². The van der Waals surface area contributed by atoms with Crippen LogP contribution in [0.1, 0.15) is 47.6 Å². The van der Waals surface area contributed by atoms with Crippen molar-refractivity contribution in [2.24, 2.45) is 21.4 Å². The van der Waals surface area contributed by atoms with Crippen LogP contribution in [0.3, 0.4) is 0 Å². The average molecular weight is 603 g/mol. The van der Waals surface area contributed by atoms with Gasteiger partial charge in [0.1, 0.15) is 12.3 Å². The molecular formula is C35H34N6O4. The van der Waals surface area contributed by atoms with Gasteiger partial charge in [-0.05, 0) is 68.0 Å². The van der Waals surface area contributed by atoms with E-state index in [-0.39, 0.29) is 24.4 Å². The third-order valence-corrected chi connectivity index (χ3v) is 9.08. The minimum absolute atomic E-state index is 0.0331. The van der Waals surface area contributed by atoms with Gasteiger partial charge in [0.2, 0.25) is 0 Å². The molecule has 228 valence electrons. The van der Waals surface area contributed by atoms with Crippen LogP contribution in [0.25, 0.3) is 6.08 Å². The standard InChI is InChI=1S/C35H34N6O4/c1-21-11-15-23(16-12-21)19-25-7-6-8-26-30(25)37-41(32(26)24-17-13-22(2)14-18-24)29(42)20-39-33-31(36-38-39)34(43)40(35(33)44)27-9-4-5-10-28(27)45-3/h4-5,9-19,26,31-33H,6-8,20H2,1-3H3/b25-19-/t26-,31+,32+,33-/m0/s1. The Bertz CT molecular complexity index is 1760. The van der Waals surface area contributed by atoms with E-state index in [4.69, 9.17) is 9.84 Å². The number of hydrogen-bond donors (Lipinski definition) is 0. The molecule has 7 rings (SSSR count). The van der Waals surface area contributed by atoms with E-state index in [1.54, 1.807) is 29.3 Å². The van der Waals surface area contributed by atoms with Crippen LogP contribution in [0.4, 0.5) is 5.69 Å². The first-order valence-electron chi connectivity index (χ1n) is 15.3. The fourth-order valence-corrected chi connectivity index (χ4v) is 6.78. The number of rotatable bonds is 6. The summed E-state index contributed by atoms with van der Waals surface area (Å²) in [7, 11) is 1.48. The monoisotopic (exact) mass is 602 g/mol. The molecule has 10 heteroatoms. The summed E-state index contributed by atoms with van der Waals surface area (Å²) in [6.07, 6.45) is 4.96. The normalized spacial score (nSPS) is 24.7. The summed E-state index contributed by atoms with van der Waals surface area (Å²) in [5.74, 6) is -0.876. The molecule has 0 spiro atoms. The Morgan fingerprint density at radius 2 is 1.64 bits per heavy atom. The van der Waals surface area contributed by atoms with Gasteiger partial charge in [-0.3, -0.25) is 19.4 Å². The third kappa shape index (κ3) is 5.00. The van der Waals surface area contributed by atoms with Crippen LogP contribution in [0.2, 0.25) is 0 Å². The topological polar surface area (TPSA) is 107 Å². The number of hydrazone groups is 1. The molecule has 2 fully saturated rings. The maximum Gasteiger partial charge on any atom is 0.264 e. The van der Waals surface area contributed by atoms with Gasteiger partial charge in [0.25, 0.3) is 17.7 Å². The Kier molecular flexibility index (Phi) is 7.27. The molecule has 3 amide bonds. The maximum absolute atomic E-state index is 14.2. The number of carbonyl (C=O) groups is 3. The second-order valence-corrected chi connectivity index (χ2v) is 12.0. The van der Waals surface area contributed by atoms with E-state index in [9.17, 15) is 14.4 Å². The molecule has 3 aromatic carbocycles. The zero-order chi connectivity index (χ0) is 31.2. The number of amides is 3. The Labute approximate surface area is 261 Å². The number of methoxy groups -OCH3 is 1. The Balaban J connectivity index is 1.19. The molecule has 0 unspecified atom stereocenters. The SMILES string of the molecule is COc1ccccc1N1C(=O)[C@@H]2[C@@H](N=NN2CC(=O)N2N=C3/C(=C\c4ccc(C)cc4)CCC[C@@H]3[C@H]2c2ccc(C)cc2)C1=O. The number of benzene rings is 3. The smallest absolute Gasteiger partial charge is 0.264 e. The summed E-state index contributed by atoms with van der Waals surface area (Å²) in [4.78, 5) is 42.2. The first-order valence-corrected chi connectivity index (χ1v) is 15.3. The highest BCUT2D eigenvalue weighted by Gasteiger charge is 2.56. The van der Waals surface area contributed by atoms with Crippen LogP contribution < -0.4 is 9.64 Å². The molecule has 10 nitrogen and oxygen atoms in total. The number of anilines is 1. The minimum Gasteiger partial charge on any atom is -0.495 e. The predicted molar refractivity (Wildman–Crippen MR) is 169 cm³/mol. The number of aryl methyl sites for hydroxylation is 2. The van der Waals surface area contributed by atoms with Gasteiger partial charge in [-0.1, -0.05) is 77.0 Å². The van der Waals surface area contributed by atoms with E-state index in [0.717, 1.165) is 52.1 Å². The number of fused-ring (bicyclic) bond motifs is 2. The van der Waals surface area contributed by atoms with Gasteiger partial charge in [-0.15, -0.1) is 0 Å². The van der Waals surface area contributed by atoms with Gasteiger partial charge in [0.15, 0.2) is 12.1 Å². The van der Waals surface area contributed by atoms with Crippen LogP contribution >= 0.6 is 0 Å². The number of hydrogen-bond acceptors (Lipinski definition) is 8. The molecular weight excluding hydrogens is 568 g/mol. The van der Waals surface area contributed by atoms with Gasteiger partial charge in [-0.25, -0.2) is 9.91 Å². The van der Waals surface area contributed by atoms with E-state index in [1.165, 1.54) is 17.7 Å². The summed E-state index contributed by atoms with van der Waals surface area (Å²) in [6.45, 7) is 3.86. The molecule has 1 saturated heterocycles. The quantitative estimate of drug-likeness (QED) is 0.350. The van der Waals surface area contributed by atoms with Crippen molar-refractivity contribution >= 4 is 35.2 Å². The highest BCUT2D eigenvalue weighted by atomic mass is 16.5. The van der Waals surface area contributed by atoms with E-state index in [1.807, 2.05) is 6.92 Å². The van der Waals surface area contributed by atoms with Gasteiger partial charge in [0, 0.05) is 5.92 Å². The molecule has 0 N–H and O–H groups in total. The van der Waals surface area contributed by atoms with E-state index >= 15 is 0 Å². The second kappa shape index (κ2) is 11.4. The summed E-state index contributed by atoms with van der Waals surface area (Å²) in [5.41, 5.74) is 6.83. The van der Waals surface area contributed by atoms with Crippen molar-refractivity contribution < 1.29 is 19.1 Å². The second-order valence-electron chi connectivity index (χ2n) is 12.0. The van der Waals surface area contributed by atoms with Crippen molar-refractivity contribution in [1.82, 2.24) is 10.0 Å². The van der Waals surface area contributed by atoms with Crippen LogP contribution in [-0.2, 0) is 14.4 Å². The molecule has 0 bridgehead atoms. The van der Waals surface area contributed by atoms with Crippen molar-refractivity contribution in [1.29, 1.82) is 0 Å². The molecule has 3 heterocycles. The molecule has 45 heavy (non-hydrogen) atoms. The molecule has 3 aromatic rings. The first-order chi connectivity index (χ1) is 21.8. The fourth-order valence-electron chi connectivity index (χ4n) is 6.78. The summed E-state index contributed by atoms with van der Waals surface area (Å²) < 4.78 is 5.40. The Hall–Kier alpha value is -5.12. The van der Waals surface area contributed by atoms with E-state index in [2.05, 4.69) is 71.9 Å². The van der Waals surface area contributed by atoms with Crippen LogP contribution in [0.5, 0.6) is 5.75 Å². The lowest BCUT2D eigenvalue weighted by Crippen LogP contribution is -2.45. The van der Waals surface area contributed by atoms with Crippen LogP contribution in [0.15, 0.2) is 93.8 Å². The predicted octanol–water partition coefficient (Wildman–Crippen LogP) is 5.43. The highest BCUT2D eigenvalue weighted by molar-refractivity contribution is 6.26. The molecule has 0 radical (unpaired) electrons. The summed E-state index contributed by atoms with van der Waals surface area (Å²) in [5, 5.41) is 16.2. The molecule has 0 aromatic heterocycles. The molecule has 4 aliphatic rings. The lowest BCUT2D eigenvalue weighted by atomic mass is 9.77. The summed E-state index contributed by atoms with van der Waals surface area (Å²) in [6, 6.07) is 21.1. The third-order valence-electron chi connectivity index (χ3n) is 9.08. The van der Waals surface area contributed by atoms with Crippen molar-refractivity contribution in [3.63, 3.8) is 0 Å². The van der Waals surface area contributed by atoms with Gasteiger partial charge in [0.05, 0.1) is 24.6 Å². The lowest BCUT2D eigenvalue weighted by molar-refractivity contribution is -0.136.